The first kappa shape index (κ1) is 22.3. The second-order valence-corrected chi connectivity index (χ2v) is 10.4. The molecule has 2 heterocycles. The van der Waals surface area contributed by atoms with Gasteiger partial charge in [-0.05, 0) is 56.9 Å². The van der Waals surface area contributed by atoms with Crippen LogP contribution in [0.5, 0.6) is 0 Å². The first-order chi connectivity index (χ1) is 15.3. The fourth-order valence-electron chi connectivity index (χ4n) is 4.16. The number of benzene rings is 2. The number of oxazole rings is 1. The highest BCUT2D eigenvalue weighted by molar-refractivity contribution is 7.89. The lowest BCUT2D eigenvalue weighted by molar-refractivity contribution is -0.117. The maximum absolute atomic E-state index is 13.1. The number of carbonyl (C=O) groups excluding carboxylic acids is 1. The highest BCUT2D eigenvalue weighted by Crippen LogP contribution is 2.28. The third-order valence-corrected chi connectivity index (χ3v) is 7.74. The molecular formula is C23H27N3O5S. The molecule has 8 nitrogen and oxygen atoms in total. The highest BCUT2D eigenvalue weighted by atomic mass is 32.2. The number of nitrogens with zero attached hydrogens (tertiary/aromatic N) is 2. The molecule has 1 aromatic heterocycles. The van der Waals surface area contributed by atoms with Crippen LogP contribution >= 0.6 is 0 Å². The van der Waals surface area contributed by atoms with Crippen molar-refractivity contribution >= 4 is 32.7 Å². The van der Waals surface area contributed by atoms with Gasteiger partial charge in [0.2, 0.25) is 15.9 Å². The fourth-order valence-corrected chi connectivity index (χ4v) is 5.65. The predicted molar refractivity (Wildman–Crippen MR) is 122 cm³/mol. The van der Waals surface area contributed by atoms with Crippen LogP contribution in [-0.2, 0) is 14.8 Å². The van der Waals surface area contributed by atoms with E-state index in [4.69, 9.17) is 4.42 Å². The van der Waals surface area contributed by atoms with Crippen LogP contribution < -0.4 is 11.1 Å². The quantitative estimate of drug-likeness (QED) is 0.609. The summed E-state index contributed by atoms with van der Waals surface area (Å²) in [7, 11) is -3.72. The second-order valence-electron chi connectivity index (χ2n) is 8.43. The minimum absolute atomic E-state index is 0.0624. The number of piperidine rings is 1. The molecule has 1 aliphatic heterocycles. The van der Waals surface area contributed by atoms with Crippen molar-refractivity contribution in [2.75, 3.05) is 18.4 Å². The van der Waals surface area contributed by atoms with Crippen LogP contribution in [0.25, 0.3) is 11.1 Å². The smallest absolute Gasteiger partial charge is 0.408 e. The van der Waals surface area contributed by atoms with Gasteiger partial charge in [-0.1, -0.05) is 18.2 Å². The van der Waals surface area contributed by atoms with Crippen molar-refractivity contribution in [3.63, 3.8) is 0 Å². The SMILES string of the molecule is CC(C)n1c(=O)oc2cc(S(=O)(=O)N3CCC(CC(=O)Nc4ccccc4)CC3)ccc21. The summed E-state index contributed by atoms with van der Waals surface area (Å²) in [6, 6.07) is 13.7. The van der Waals surface area contributed by atoms with Gasteiger partial charge in [0.15, 0.2) is 5.58 Å². The molecule has 9 heteroatoms. The maximum Gasteiger partial charge on any atom is 0.420 e. The zero-order valence-corrected chi connectivity index (χ0v) is 19.0. The number of amides is 1. The van der Waals surface area contributed by atoms with E-state index in [2.05, 4.69) is 5.32 Å². The van der Waals surface area contributed by atoms with Crippen molar-refractivity contribution in [1.82, 2.24) is 8.87 Å². The minimum atomic E-state index is -3.72. The summed E-state index contributed by atoms with van der Waals surface area (Å²) in [6.07, 6.45) is 1.59. The number of fused-ring (bicyclic) bond motifs is 1. The Kier molecular flexibility index (Phi) is 6.21. The largest absolute Gasteiger partial charge is 0.420 e. The molecule has 4 rings (SSSR count). The van der Waals surface area contributed by atoms with Crippen LogP contribution in [0.2, 0.25) is 0 Å². The maximum atomic E-state index is 13.1. The van der Waals surface area contributed by atoms with Gasteiger partial charge in [0.25, 0.3) is 0 Å². The van der Waals surface area contributed by atoms with Gasteiger partial charge in [-0.3, -0.25) is 9.36 Å². The van der Waals surface area contributed by atoms with Crippen LogP contribution in [0.4, 0.5) is 5.69 Å². The van der Waals surface area contributed by atoms with E-state index in [0.717, 1.165) is 5.69 Å². The van der Waals surface area contributed by atoms with E-state index in [1.54, 1.807) is 6.07 Å². The van der Waals surface area contributed by atoms with Gasteiger partial charge in [0, 0.05) is 37.3 Å². The standard InChI is InChI=1S/C23H27N3O5S/c1-16(2)26-20-9-8-19(15-21(20)31-23(26)28)32(29,30)25-12-10-17(11-13-25)14-22(27)24-18-6-4-3-5-7-18/h3-9,15-17H,10-14H2,1-2H3,(H,24,27). The first-order valence-corrected chi connectivity index (χ1v) is 12.2. The topological polar surface area (TPSA) is 102 Å². The van der Waals surface area contributed by atoms with E-state index in [0.29, 0.717) is 37.9 Å². The van der Waals surface area contributed by atoms with Crippen LogP contribution in [0.3, 0.4) is 0 Å². The molecule has 0 spiro atoms. The molecule has 0 aliphatic carbocycles. The van der Waals surface area contributed by atoms with E-state index in [1.165, 1.54) is 21.0 Å². The number of hydrogen-bond donors (Lipinski definition) is 1. The predicted octanol–water partition coefficient (Wildman–Crippen LogP) is 3.60. The zero-order valence-electron chi connectivity index (χ0n) is 18.2. The van der Waals surface area contributed by atoms with Gasteiger partial charge < -0.3 is 9.73 Å². The number of carbonyl (C=O) groups is 1. The number of hydrogen-bond acceptors (Lipinski definition) is 5. The molecule has 0 saturated carbocycles. The highest BCUT2D eigenvalue weighted by Gasteiger charge is 2.31. The molecule has 0 atom stereocenters. The van der Waals surface area contributed by atoms with E-state index in [9.17, 15) is 18.0 Å². The Bertz CT molecular complexity index is 1270. The van der Waals surface area contributed by atoms with Crippen LogP contribution in [0, 0.1) is 5.92 Å². The molecule has 1 amide bonds. The van der Waals surface area contributed by atoms with Gasteiger partial charge in [-0.15, -0.1) is 0 Å². The average Bonchev–Trinajstić information content (AvgIpc) is 3.10. The van der Waals surface area contributed by atoms with Crippen molar-refractivity contribution in [2.24, 2.45) is 5.92 Å². The Morgan fingerprint density at radius 2 is 1.81 bits per heavy atom. The van der Waals surface area contributed by atoms with Crippen molar-refractivity contribution in [3.8, 4) is 0 Å². The van der Waals surface area contributed by atoms with Gasteiger partial charge in [0.1, 0.15) is 0 Å². The zero-order chi connectivity index (χ0) is 22.9. The lowest BCUT2D eigenvalue weighted by Crippen LogP contribution is -2.39. The summed E-state index contributed by atoms with van der Waals surface area (Å²) in [4.78, 5) is 24.5. The Balaban J connectivity index is 1.41. The lowest BCUT2D eigenvalue weighted by Gasteiger charge is -2.31. The number of sulfonamides is 1. The van der Waals surface area contributed by atoms with Gasteiger partial charge in [0.05, 0.1) is 10.4 Å². The minimum Gasteiger partial charge on any atom is -0.408 e. The van der Waals surface area contributed by atoms with E-state index >= 15 is 0 Å². The first-order valence-electron chi connectivity index (χ1n) is 10.8. The van der Waals surface area contributed by atoms with E-state index < -0.39 is 15.8 Å². The molecule has 1 fully saturated rings. The molecule has 1 N–H and O–H groups in total. The lowest BCUT2D eigenvalue weighted by atomic mass is 9.94. The van der Waals surface area contributed by atoms with Crippen molar-refractivity contribution in [2.45, 2.75) is 44.0 Å². The van der Waals surface area contributed by atoms with E-state index in [1.807, 2.05) is 44.2 Å². The number of anilines is 1. The van der Waals surface area contributed by atoms with Gasteiger partial charge >= 0.3 is 5.76 Å². The summed E-state index contributed by atoms with van der Waals surface area (Å²) in [6.45, 7) is 4.43. The molecule has 2 aromatic carbocycles. The van der Waals surface area contributed by atoms with E-state index in [-0.39, 0.29) is 28.3 Å². The summed E-state index contributed by atoms with van der Waals surface area (Å²) < 4.78 is 34.5. The molecule has 170 valence electrons. The Hall–Kier alpha value is -2.91. The number of rotatable bonds is 6. The molecule has 1 aliphatic rings. The van der Waals surface area contributed by atoms with Gasteiger partial charge in [-0.2, -0.15) is 4.31 Å². The Morgan fingerprint density at radius 1 is 1.12 bits per heavy atom. The molecule has 3 aromatic rings. The van der Waals surface area contributed by atoms with Crippen LogP contribution in [0.1, 0.15) is 39.2 Å². The number of para-hydroxylation sites is 1. The summed E-state index contributed by atoms with van der Waals surface area (Å²) in [5.41, 5.74) is 1.59. The Morgan fingerprint density at radius 3 is 2.47 bits per heavy atom. The molecule has 0 radical (unpaired) electrons. The normalized spacial score (nSPS) is 16.0. The van der Waals surface area contributed by atoms with Crippen molar-refractivity contribution < 1.29 is 17.6 Å². The van der Waals surface area contributed by atoms with Gasteiger partial charge in [-0.25, -0.2) is 13.2 Å². The number of aromatic nitrogens is 1. The summed E-state index contributed by atoms with van der Waals surface area (Å²) in [5.74, 6) is -0.433. The molecule has 1 saturated heterocycles. The van der Waals surface area contributed by atoms with Crippen molar-refractivity contribution in [3.05, 3.63) is 59.1 Å². The fraction of sp³-hybridized carbons (Fsp3) is 0.391. The summed E-state index contributed by atoms with van der Waals surface area (Å²) >= 11 is 0. The average molecular weight is 458 g/mol. The van der Waals surface area contributed by atoms with Crippen LogP contribution in [-0.4, -0.2) is 36.3 Å². The third-order valence-electron chi connectivity index (χ3n) is 5.84. The third kappa shape index (κ3) is 4.49. The molecular weight excluding hydrogens is 430 g/mol. The molecule has 32 heavy (non-hydrogen) atoms. The van der Waals surface area contributed by atoms with Crippen molar-refractivity contribution in [1.29, 1.82) is 0 Å². The van der Waals surface area contributed by atoms with Crippen LogP contribution in [0.15, 0.2) is 62.6 Å². The Labute approximate surface area is 186 Å². The second kappa shape index (κ2) is 8.91. The summed E-state index contributed by atoms with van der Waals surface area (Å²) in [5, 5.41) is 2.88. The number of nitrogens with one attached hydrogen (secondary N) is 1. The molecule has 0 bridgehead atoms. The molecule has 0 unspecified atom stereocenters. The monoisotopic (exact) mass is 457 g/mol.